The average Bonchev–Trinajstić information content (AvgIpc) is 3.33. The smallest absolute Gasteiger partial charge is 0.263 e. The molecule has 0 atom stereocenters. The third-order valence-corrected chi connectivity index (χ3v) is 4.49. The summed E-state index contributed by atoms with van der Waals surface area (Å²) in [6.45, 7) is 2.02. The molecule has 1 amide bonds. The van der Waals surface area contributed by atoms with Crippen LogP contribution < -0.4 is 24.3 Å². The third kappa shape index (κ3) is 2.98. The molecule has 8 nitrogen and oxygen atoms in total. The van der Waals surface area contributed by atoms with E-state index in [9.17, 15) is 4.79 Å². The van der Waals surface area contributed by atoms with Crippen LogP contribution in [0.25, 0.3) is 11.3 Å². The van der Waals surface area contributed by atoms with Gasteiger partial charge in [0, 0.05) is 5.56 Å². The zero-order chi connectivity index (χ0) is 19.7. The Hall–Kier alpha value is -3.68. The van der Waals surface area contributed by atoms with Gasteiger partial charge in [-0.1, -0.05) is 6.07 Å². The van der Waals surface area contributed by atoms with Crippen LogP contribution in [-0.4, -0.2) is 37.1 Å². The number of methoxy groups -OCH3 is 2. The summed E-state index contributed by atoms with van der Waals surface area (Å²) < 4.78 is 21.4. The maximum absolute atomic E-state index is 13.0. The molecular formula is C20H19N3O5. The fourth-order valence-corrected chi connectivity index (χ4v) is 3.09. The number of amides is 1. The van der Waals surface area contributed by atoms with Crippen molar-refractivity contribution in [2.24, 2.45) is 0 Å². The number of H-pyrrole nitrogens is 1. The van der Waals surface area contributed by atoms with Crippen LogP contribution in [0.3, 0.4) is 0 Å². The summed E-state index contributed by atoms with van der Waals surface area (Å²) in [5.41, 5.74) is 2.98. The van der Waals surface area contributed by atoms with Gasteiger partial charge < -0.3 is 24.3 Å². The Bertz CT molecular complexity index is 1020. The SMILES string of the molecule is COc1cccc(OC)c1C(=O)Nc1c(-c2ccc3c(c2)OCO3)n[nH]c1C. The Balaban J connectivity index is 1.71. The molecular weight excluding hydrogens is 362 g/mol. The molecule has 0 unspecified atom stereocenters. The van der Waals surface area contributed by atoms with Gasteiger partial charge in [0.1, 0.15) is 22.8 Å². The molecule has 4 rings (SSSR count). The number of hydrogen-bond donors (Lipinski definition) is 2. The predicted octanol–water partition coefficient (Wildman–Crippen LogP) is 3.38. The highest BCUT2D eigenvalue weighted by Gasteiger charge is 2.23. The summed E-state index contributed by atoms with van der Waals surface area (Å²) in [6, 6.07) is 10.7. The van der Waals surface area contributed by atoms with Crippen molar-refractivity contribution < 1.29 is 23.7 Å². The quantitative estimate of drug-likeness (QED) is 0.704. The molecule has 0 saturated carbocycles. The van der Waals surface area contributed by atoms with Gasteiger partial charge in [0.15, 0.2) is 11.5 Å². The molecule has 0 saturated heterocycles. The zero-order valence-electron chi connectivity index (χ0n) is 15.7. The van der Waals surface area contributed by atoms with Crippen LogP contribution in [0.4, 0.5) is 5.69 Å². The van der Waals surface area contributed by atoms with E-state index in [1.165, 1.54) is 14.2 Å². The van der Waals surface area contributed by atoms with E-state index in [0.717, 1.165) is 11.3 Å². The number of nitrogens with zero attached hydrogens (tertiary/aromatic N) is 1. The molecule has 3 aromatic rings. The number of anilines is 1. The van der Waals surface area contributed by atoms with E-state index in [2.05, 4.69) is 15.5 Å². The first-order valence-electron chi connectivity index (χ1n) is 8.59. The van der Waals surface area contributed by atoms with E-state index in [1.54, 1.807) is 18.2 Å². The highest BCUT2D eigenvalue weighted by atomic mass is 16.7. The molecule has 1 aromatic heterocycles. The lowest BCUT2D eigenvalue weighted by atomic mass is 10.1. The molecule has 0 spiro atoms. The van der Waals surface area contributed by atoms with E-state index in [0.29, 0.717) is 39.9 Å². The minimum absolute atomic E-state index is 0.190. The second-order valence-electron chi connectivity index (χ2n) is 6.13. The maximum Gasteiger partial charge on any atom is 0.263 e. The molecule has 144 valence electrons. The fourth-order valence-electron chi connectivity index (χ4n) is 3.09. The van der Waals surface area contributed by atoms with Gasteiger partial charge in [0.2, 0.25) is 6.79 Å². The van der Waals surface area contributed by atoms with Crippen molar-refractivity contribution in [2.75, 3.05) is 26.3 Å². The van der Waals surface area contributed by atoms with Gasteiger partial charge in [-0.3, -0.25) is 9.89 Å². The maximum atomic E-state index is 13.0. The normalized spacial score (nSPS) is 12.0. The van der Waals surface area contributed by atoms with Crippen LogP contribution in [-0.2, 0) is 0 Å². The second kappa shape index (κ2) is 7.15. The standard InChI is InChI=1S/C20H19N3O5/c1-11-18(21-20(24)17-14(25-2)5-4-6-15(17)26-3)19(23-22-11)12-7-8-13-16(9-12)28-10-27-13/h4-9H,10H2,1-3H3,(H,21,24)(H,22,23). The summed E-state index contributed by atoms with van der Waals surface area (Å²) in [7, 11) is 3.01. The molecule has 0 radical (unpaired) electrons. The molecule has 0 aliphatic carbocycles. The highest BCUT2D eigenvalue weighted by molar-refractivity contribution is 6.09. The first-order chi connectivity index (χ1) is 13.6. The van der Waals surface area contributed by atoms with Crippen LogP contribution in [0.5, 0.6) is 23.0 Å². The van der Waals surface area contributed by atoms with Gasteiger partial charge in [-0.25, -0.2) is 0 Å². The number of aryl methyl sites for hydroxylation is 1. The monoisotopic (exact) mass is 381 g/mol. The van der Waals surface area contributed by atoms with Crippen molar-refractivity contribution in [3.63, 3.8) is 0 Å². The van der Waals surface area contributed by atoms with Crippen molar-refractivity contribution in [1.82, 2.24) is 10.2 Å². The van der Waals surface area contributed by atoms with Crippen molar-refractivity contribution in [3.05, 3.63) is 47.7 Å². The first kappa shape index (κ1) is 17.7. The molecule has 28 heavy (non-hydrogen) atoms. The molecule has 2 N–H and O–H groups in total. The summed E-state index contributed by atoms with van der Waals surface area (Å²) in [5, 5.41) is 10.2. The van der Waals surface area contributed by atoms with Crippen molar-refractivity contribution in [3.8, 4) is 34.3 Å². The van der Waals surface area contributed by atoms with Gasteiger partial charge >= 0.3 is 0 Å². The summed E-state index contributed by atoms with van der Waals surface area (Å²) >= 11 is 0. The Kier molecular flexibility index (Phi) is 4.52. The van der Waals surface area contributed by atoms with Crippen LogP contribution in [0, 0.1) is 6.92 Å². The number of nitrogens with one attached hydrogen (secondary N) is 2. The van der Waals surface area contributed by atoms with Gasteiger partial charge in [-0.2, -0.15) is 5.10 Å². The minimum Gasteiger partial charge on any atom is -0.496 e. The predicted molar refractivity (Wildman–Crippen MR) is 102 cm³/mol. The number of hydrogen-bond acceptors (Lipinski definition) is 6. The van der Waals surface area contributed by atoms with E-state index in [1.807, 2.05) is 25.1 Å². The number of benzene rings is 2. The third-order valence-electron chi connectivity index (χ3n) is 4.49. The molecule has 8 heteroatoms. The van der Waals surface area contributed by atoms with E-state index < -0.39 is 0 Å². The van der Waals surface area contributed by atoms with E-state index in [4.69, 9.17) is 18.9 Å². The van der Waals surface area contributed by atoms with E-state index in [-0.39, 0.29) is 12.7 Å². The number of aromatic nitrogens is 2. The second-order valence-corrected chi connectivity index (χ2v) is 6.13. The number of carbonyl (C=O) groups is 1. The van der Waals surface area contributed by atoms with Gasteiger partial charge in [0.25, 0.3) is 5.91 Å². The molecule has 1 aliphatic rings. The van der Waals surface area contributed by atoms with Crippen LogP contribution >= 0.6 is 0 Å². The van der Waals surface area contributed by atoms with Crippen LogP contribution in [0.2, 0.25) is 0 Å². The minimum atomic E-state index is -0.360. The Labute approximate surface area is 161 Å². The fraction of sp³-hybridized carbons (Fsp3) is 0.200. The Morgan fingerprint density at radius 3 is 2.54 bits per heavy atom. The summed E-state index contributed by atoms with van der Waals surface area (Å²) in [4.78, 5) is 13.0. The lowest BCUT2D eigenvalue weighted by Crippen LogP contribution is -2.15. The molecule has 0 fully saturated rings. The topological polar surface area (TPSA) is 94.7 Å². The molecule has 0 bridgehead atoms. The zero-order valence-corrected chi connectivity index (χ0v) is 15.7. The summed E-state index contributed by atoms with van der Waals surface area (Å²) in [6.07, 6.45) is 0. The number of carbonyl (C=O) groups excluding carboxylic acids is 1. The molecule has 2 aromatic carbocycles. The van der Waals surface area contributed by atoms with E-state index >= 15 is 0 Å². The van der Waals surface area contributed by atoms with Gasteiger partial charge in [0.05, 0.1) is 25.6 Å². The van der Waals surface area contributed by atoms with Crippen LogP contribution in [0.15, 0.2) is 36.4 Å². The number of aromatic amines is 1. The molecule has 2 heterocycles. The number of fused-ring (bicyclic) bond motifs is 1. The highest BCUT2D eigenvalue weighted by Crippen LogP contribution is 2.38. The number of ether oxygens (including phenoxy) is 4. The lowest BCUT2D eigenvalue weighted by Gasteiger charge is -2.13. The van der Waals surface area contributed by atoms with Crippen molar-refractivity contribution >= 4 is 11.6 Å². The van der Waals surface area contributed by atoms with Crippen molar-refractivity contribution in [1.29, 1.82) is 0 Å². The van der Waals surface area contributed by atoms with Gasteiger partial charge in [-0.05, 0) is 37.3 Å². The lowest BCUT2D eigenvalue weighted by molar-refractivity contribution is 0.102. The summed E-state index contributed by atoms with van der Waals surface area (Å²) in [5.74, 6) is 1.80. The largest absolute Gasteiger partial charge is 0.496 e. The Morgan fingerprint density at radius 1 is 1.11 bits per heavy atom. The number of rotatable bonds is 5. The van der Waals surface area contributed by atoms with Gasteiger partial charge in [-0.15, -0.1) is 0 Å². The van der Waals surface area contributed by atoms with Crippen LogP contribution in [0.1, 0.15) is 16.1 Å². The average molecular weight is 381 g/mol. The molecule has 1 aliphatic heterocycles. The van der Waals surface area contributed by atoms with Crippen molar-refractivity contribution in [2.45, 2.75) is 6.92 Å². The first-order valence-corrected chi connectivity index (χ1v) is 8.59. The Morgan fingerprint density at radius 2 is 1.82 bits per heavy atom.